The number of carbonyl (C=O) groups excluding carboxylic acids is 3. The van der Waals surface area contributed by atoms with Crippen molar-refractivity contribution in [2.24, 2.45) is 0 Å². The number of nitrogens with one attached hydrogen (secondary N) is 1. The van der Waals surface area contributed by atoms with Crippen LogP contribution in [0.5, 0.6) is 0 Å². The van der Waals surface area contributed by atoms with Crippen molar-refractivity contribution in [3.8, 4) is 0 Å². The fourth-order valence-electron chi connectivity index (χ4n) is 3.04. The van der Waals surface area contributed by atoms with Crippen molar-refractivity contribution in [3.63, 3.8) is 0 Å². The predicted octanol–water partition coefficient (Wildman–Crippen LogP) is 3.55. The summed E-state index contributed by atoms with van der Waals surface area (Å²) >= 11 is 5.84. The molecule has 10 heteroatoms. The molecule has 1 aromatic rings. The van der Waals surface area contributed by atoms with Crippen molar-refractivity contribution in [2.75, 3.05) is 13.7 Å². The first-order chi connectivity index (χ1) is 12.9. The van der Waals surface area contributed by atoms with Gasteiger partial charge in [0.2, 0.25) is 0 Å². The molecule has 0 aliphatic carbocycles. The van der Waals surface area contributed by atoms with Crippen LogP contribution in [0, 0.1) is 0 Å². The van der Waals surface area contributed by atoms with Crippen molar-refractivity contribution in [1.82, 2.24) is 10.2 Å². The Balaban J connectivity index is 2.93. The van der Waals surface area contributed by atoms with E-state index in [0.29, 0.717) is 5.02 Å². The number of amides is 2. The predicted molar refractivity (Wildman–Crippen MR) is 95.4 cm³/mol. The molecule has 28 heavy (non-hydrogen) atoms. The zero-order chi connectivity index (χ0) is 21.3. The van der Waals surface area contributed by atoms with E-state index in [0.717, 1.165) is 11.8 Å². The Morgan fingerprint density at radius 3 is 2.29 bits per heavy atom. The molecule has 2 amide bonds. The molecule has 1 N–H and O–H groups in total. The number of halogens is 4. The average Bonchev–Trinajstić information content (AvgIpc) is 2.57. The summed E-state index contributed by atoms with van der Waals surface area (Å²) in [6, 6.07) is 4.46. The molecule has 1 aromatic carbocycles. The number of hydrogen-bond acceptors (Lipinski definition) is 4. The molecule has 0 saturated heterocycles. The number of carbonyl (C=O) groups is 3. The van der Waals surface area contributed by atoms with E-state index < -0.39 is 41.5 Å². The smallest absolute Gasteiger partial charge is 0.416 e. The number of urea groups is 1. The summed E-state index contributed by atoms with van der Waals surface area (Å²) < 4.78 is 47.5. The summed E-state index contributed by atoms with van der Waals surface area (Å²) in [4.78, 5) is 37.6. The van der Waals surface area contributed by atoms with Crippen LogP contribution in [0.4, 0.5) is 18.0 Å². The summed E-state index contributed by atoms with van der Waals surface area (Å²) in [7, 11) is 1.21. The van der Waals surface area contributed by atoms with Crippen LogP contribution in [-0.2, 0) is 14.3 Å². The number of alkyl halides is 3. The minimum Gasteiger partial charge on any atom is -0.463 e. The van der Waals surface area contributed by atoms with Gasteiger partial charge in [0.15, 0.2) is 5.54 Å². The lowest BCUT2D eigenvalue weighted by Gasteiger charge is -2.43. The molecule has 1 aliphatic heterocycles. The topological polar surface area (TPSA) is 75.7 Å². The van der Waals surface area contributed by atoms with E-state index in [1.165, 1.54) is 38.2 Å². The van der Waals surface area contributed by atoms with Crippen LogP contribution < -0.4 is 5.32 Å². The van der Waals surface area contributed by atoms with E-state index in [9.17, 15) is 27.6 Å². The van der Waals surface area contributed by atoms with Crippen molar-refractivity contribution >= 4 is 35.1 Å². The zero-order valence-electron chi connectivity index (χ0n) is 15.3. The molecule has 0 spiro atoms. The highest BCUT2D eigenvalue weighted by Gasteiger charge is 2.64. The van der Waals surface area contributed by atoms with Gasteiger partial charge in [-0.1, -0.05) is 23.7 Å². The van der Waals surface area contributed by atoms with Crippen LogP contribution in [0.3, 0.4) is 0 Å². The van der Waals surface area contributed by atoms with Crippen molar-refractivity contribution in [1.29, 1.82) is 0 Å². The first-order valence-corrected chi connectivity index (χ1v) is 8.62. The molecular weight excluding hydrogens is 401 g/mol. The highest BCUT2D eigenvalue weighted by atomic mass is 35.5. The van der Waals surface area contributed by atoms with Gasteiger partial charge < -0.3 is 10.1 Å². The Labute approximate surface area is 164 Å². The van der Waals surface area contributed by atoms with Crippen LogP contribution in [0.15, 0.2) is 29.8 Å². The molecule has 0 fully saturated rings. The lowest BCUT2D eigenvalue weighted by Crippen LogP contribution is -2.67. The monoisotopic (exact) mass is 418 g/mol. The fourth-order valence-corrected chi connectivity index (χ4v) is 3.17. The summed E-state index contributed by atoms with van der Waals surface area (Å²) in [6.07, 6.45) is -6.29. The molecule has 152 valence electrons. The Bertz CT molecular complexity index is 836. The Hall–Kier alpha value is -2.55. The first kappa shape index (κ1) is 21.7. The van der Waals surface area contributed by atoms with Gasteiger partial charge in [0.25, 0.3) is 0 Å². The highest BCUT2D eigenvalue weighted by Crippen LogP contribution is 2.45. The van der Waals surface area contributed by atoms with Gasteiger partial charge in [0.05, 0.1) is 17.9 Å². The van der Waals surface area contributed by atoms with Gasteiger partial charge in [-0.15, -0.1) is 0 Å². The average molecular weight is 419 g/mol. The number of rotatable bonds is 5. The Morgan fingerprint density at radius 1 is 1.25 bits per heavy atom. The number of ketones is 1. The molecule has 0 unspecified atom stereocenters. The van der Waals surface area contributed by atoms with Gasteiger partial charge >= 0.3 is 18.2 Å². The molecule has 6 nitrogen and oxygen atoms in total. The summed E-state index contributed by atoms with van der Waals surface area (Å²) in [5, 5.41) is 2.12. The number of hydrogen-bond donors (Lipinski definition) is 1. The number of benzene rings is 1. The van der Waals surface area contributed by atoms with E-state index >= 15 is 0 Å². The SMILES string of the molecule is CCOC(=O)C1=C(c2ccc(Cl)cc2)N(C)C(=O)N[C@]1(CC(C)=O)C(F)(F)F. The van der Waals surface area contributed by atoms with Crippen LogP contribution >= 0.6 is 11.6 Å². The maximum absolute atomic E-state index is 14.2. The quantitative estimate of drug-likeness (QED) is 0.742. The lowest BCUT2D eigenvalue weighted by molar-refractivity contribution is -0.190. The second kappa shape index (κ2) is 7.83. The minimum atomic E-state index is -5.14. The van der Waals surface area contributed by atoms with Crippen LogP contribution in [0.2, 0.25) is 5.02 Å². The maximum Gasteiger partial charge on any atom is 0.416 e. The summed E-state index contributed by atoms with van der Waals surface area (Å²) in [5.41, 5.74) is -4.25. The third kappa shape index (κ3) is 3.84. The molecule has 0 saturated carbocycles. The molecule has 0 aromatic heterocycles. The number of Topliss-reactive ketones (excluding diaryl/α,β-unsaturated/α-hetero) is 1. The van der Waals surface area contributed by atoms with Crippen LogP contribution in [0.1, 0.15) is 25.8 Å². The summed E-state index contributed by atoms with van der Waals surface area (Å²) in [5.74, 6) is -2.14. The third-order valence-corrected chi connectivity index (χ3v) is 4.47. The zero-order valence-corrected chi connectivity index (χ0v) is 16.1. The van der Waals surface area contributed by atoms with Crippen molar-refractivity contribution in [3.05, 3.63) is 40.4 Å². The normalized spacial score (nSPS) is 20.1. The summed E-state index contributed by atoms with van der Waals surface area (Å²) in [6.45, 7) is 2.19. The lowest BCUT2D eigenvalue weighted by atomic mass is 9.79. The number of esters is 1. The van der Waals surface area contributed by atoms with Gasteiger partial charge in [-0.05, 0) is 31.5 Å². The van der Waals surface area contributed by atoms with E-state index in [4.69, 9.17) is 16.3 Å². The molecular formula is C18H18ClF3N2O4. The highest BCUT2D eigenvalue weighted by molar-refractivity contribution is 6.30. The largest absolute Gasteiger partial charge is 0.463 e. The van der Waals surface area contributed by atoms with Crippen LogP contribution in [0.25, 0.3) is 5.70 Å². The fraction of sp³-hybridized carbons (Fsp3) is 0.389. The van der Waals surface area contributed by atoms with Crippen molar-refractivity contribution < 1.29 is 32.3 Å². The molecule has 1 atom stereocenters. The minimum absolute atomic E-state index is 0.141. The maximum atomic E-state index is 14.2. The first-order valence-electron chi connectivity index (χ1n) is 8.24. The molecule has 1 aliphatic rings. The second-order valence-corrected chi connectivity index (χ2v) is 6.66. The molecule has 0 radical (unpaired) electrons. The van der Waals surface area contributed by atoms with Gasteiger partial charge in [-0.3, -0.25) is 9.69 Å². The van der Waals surface area contributed by atoms with Gasteiger partial charge in [-0.25, -0.2) is 9.59 Å². The van der Waals surface area contributed by atoms with E-state index in [1.54, 1.807) is 0 Å². The molecule has 2 rings (SSSR count). The Kier molecular flexibility index (Phi) is 6.08. The third-order valence-electron chi connectivity index (χ3n) is 4.22. The van der Waals surface area contributed by atoms with E-state index in [2.05, 4.69) is 0 Å². The van der Waals surface area contributed by atoms with Crippen molar-refractivity contribution in [2.45, 2.75) is 32.0 Å². The standard InChI is InChI=1S/C18H18ClF3N2O4/c1-4-28-15(26)13-14(11-5-7-12(19)8-6-11)24(3)16(27)23-17(13,9-10(2)25)18(20,21)22/h5-8H,4,9H2,1-3H3,(H,23,27)/t17-/m0/s1. The second-order valence-electron chi connectivity index (χ2n) is 6.22. The molecule has 1 heterocycles. The van der Waals surface area contributed by atoms with Crippen LogP contribution in [-0.4, -0.2) is 48.1 Å². The van der Waals surface area contributed by atoms with E-state index in [1.807, 2.05) is 5.32 Å². The number of ether oxygens (including phenoxy) is 1. The van der Waals surface area contributed by atoms with Gasteiger partial charge in [-0.2, -0.15) is 13.2 Å². The van der Waals surface area contributed by atoms with E-state index in [-0.39, 0.29) is 17.9 Å². The number of nitrogens with zero attached hydrogens (tertiary/aromatic N) is 1. The van der Waals surface area contributed by atoms with Gasteiger partial charge in [0.1, 0.15) is 5.78 Å². The Morgan fingerprint density at radius 2 is 1.82 bits per heavy atom. The van der Waals surface area contributed by atoms with Gasteiger partial charge in [0, 0.05) is 18.5 Å². The molecule has 0 bridgehead atoms.